The van der Waals surface area contributed by atoms with Gasteiger partial charge in [0.15, 0.2) is 0 Å². The van der Waals surface area contributed by atoms with Crippen molar-refractivity contribution in [3.63, 3.8) is 0 Å². The number of nitrogens with one attached hydrogen (secondary N) is 1. The number of aliphatic hydroxyl groups is 1. The van der Waals surface area contributed by atoms with E-state index in [1.807, 2.05) is 6.92 Å². The fourth-order valence-corrected chi connectivity index (χ4v) is 4.99. The molecule has 0 aromatic carbocycles. The van der Waals surface area contributed by atoms with Crippen molar-refractivity contribution < 1.29 is 13.5 Å². The quantitative estimate of drug-likeness (QED) is 0.462. The van der Waals surface area contributed by atoms with Crippen molar-refractivity contribution in [2.75, 3.05) is 30.8 Å². The lowest BCUT2D eigenvalue weighted by Gasteiger charge is -2.47. The van der Waals surface area contributed by atoms with Gasteiger partial charge in [-0.15, -0.1) is 0 Å². The number of nitrogens with zero attached hydrogens (tertiary/aromatic N) is 8. The van der Waals surface area contributed by atoms with Gasteiger partial charge < -0.3 is 10.4 Å². The highest BCUT2D eigenvalue weighted by atomic mass is 32.2. The highest BCUT2D eigenvalue weighted by molar-refractivity contribution is 7.89. The summed E-state index contributed by atoms with van der Waals surface area (Å²) >= 11 is 0. The first kappa shape index (κ1) is 22.8. The summed E-state index contributed by atoms with van der Waals surface area (Å²) in [5, 5.41) is 30.1. The van der Waals surface area contributed by atoms with E-state index in [1.54, 1.807) is 47.3 Å². The molecule has 3 aromatic heterocycles. The highest BCUT2D eigenvalue weighted by Crippen LogP contribution is 2.35. The molecule has 2 N–H and O–H groups in total. The molecule has 0 bridgehead atoms. The fourth-order valence-electron chi connectivity index (χ4n) is 3.76. The molecule has 4 heterocycles. The molecular weight excluding hydrogens is 446 g/mol. The lowest BCUT2D eigenvalue weighted by atomic mass is 9.89. The van der Waals surface area contributed by atoms with Gasteiger partial charge in [-0.2, -0.15) is 19.8 Å². The van der Waals surface area contributed by atoms with Gasteiger partial charge in [0, 0.05) is 37.2 Å². The van der Waals surface area contributed by atoms with Gasteiger partial charge in [-0.3, -0.25) is 9.36 Å². The zero-order valence-corrected chi connectivity index (χ0v) is 19.2. The summed E-state index contributed by atoms with van der Waals surface area (Å²) in [6.07, 6.45) is 8.67. The number of nitriles is 1. The van der Waals surface area contributed by atoms with E-state index >= 15 is 0 Å². The average Bonchev–Trinajstić information content (AvgIpc) is 3.42. The van der Waals surface area contributed by atoms with Crippen molar-refractivity contribution in [1.82, 2.24) is 33.8 Å². The summed E-state index contributed by atoms with van der Waals surface area (Å²) in [6, 6.07) is 2.17. The van der Waals surface area contributed by atoms with Gasteiger partial charge >= 0.3 is 0 Å². The Balaban J connectivity index is 1.57. The molecule has 0 radical (unpaired) electrons. The van der Waals surface area contributed by atoms with Crippen molar-refractivity contribution in [3.8, 4) is 17.3 Å². The van der Waals surface area contributed by atoms with E-state index in [4.69, 9.17) is 5.11 Å². The molecule has 0 aliphatic carbocycles. The second-order valence-electron chi connectivity index (χ2n) is 7.97. The molecule has 0 unspecified atom stereocenters. The summed E-state index contributed by atoms with van der Waals surface area (Å²) in [4.78, 5) is 8.93. The third-order valence-corrected chi connectivity index (χ3v) is 7.41. The number of hydrogen-bond donors (Lipinski definition) is 2. The summed E-state index contributed by atoms with van der Waals surface area (Å²) in [5.41, 5.74) is 2.25. The number of rotatable bonds is 9. The minimum Gasteiger partial charge on any atom is -0.394 e. The van der Waals surface area contributed by atoms with Crippen molar-refractivity contribution in [2.45, 2.75) is 32.4 Å². The van der Waals surface area contributed by atoms with Crippen LogP contribution in [0, 0.1) is 18.3 Å². The molecule has 3 aromatic rings. The minimum absolute atomic E-state index is 0.00822. The van der Waals surface area contributed by atoms with Crippen LogP contribution in [-0.4, -0.2) is 72.8 Å². The van der Waals surface area contributed by atoms with Crippen LogP contribution >= 0.6 is 0 Å². The van der Waals surface area contributed by atoms with Gasteiger partial charge in [-0.05, 0) is 19.4 Å². The predicted octanol–water partition coefficient (Wildman–Crippen LogP) is 0.855. The number of sulfonamides is 1. The van der Waals surface area contributed by atoms with Crippen molar-refractivity contribution in [1.29, 1.82) is 5.26 Å². The van der Waals surface area contributed by atoms with E-state index in [1.165, 1.54) is 4.31 Å². The first-order valence-electron chi connectivity index (χ1n) is 10.4. The molecule has 0 saturated carbocycles. The standard InChI is InChI=1S/C20H25N9O3S/c1-3-33(31,32)28-13-20(14-28,4-5-21)29-11-16(9-24-29)18-15(2)8-22-19(26-18)25-17-10-23-27(12-17)6-7-30/h8-12,30H,3-4,6-7,13-14H2,1-2H3,(H,22,25,26). The van der Waals surface area contributed by atoms with Crippen LogP contribution in [0.1, 0.15) is 18.9 Å². The van der Waals surface area contributed by atoms with E-state index in [0.29, 0.717) is 23.9 Å². The predicted molar refractivity (Wildman–Crippen MR) is 120 cm³/mol. The molecule has 1 fully saturated rings. The topological polar surface area (TPSA) is 155 Å². The van der Waals surface area contributed by atoms with Crippen molar-refractivity contribution in [2.24, 2.45) is 0 Å². The molecule has 33 heavy (non-hydrogen) atoms. The van der Waals surface area contributed by atoms with E-state index in [2.05, 4.69) is 31.6 Å². The first-order chi connectivity index (χ1) is 15.8. The number of anilines is 2. The van der Waals surface area contributed by atoms with Crippen molar-refractivity contribution in [3.05, 3.63) is 36.5 Å². The van der Waals surface area contributed by atoms with Gasteiger partial charge in [0.2, 0.25) is 16.0 Å². The van der Waals surface area contributed by atoms with E-state index in [-0.39, 0.29) is 31.9 Å². The molecule has 1 aliphatic heterocycles. The normalized spacial score (nSPS) is 15.7. The van der Waals surface area contributed by atoms with Crippen LogP contribution in [0.2, 0.25) is 0 Å². The van der Waals surface area contributed by atoms with E-state index < -0.39 is 15.6 Å². The molecule has 0 amide bonds. The molecule has 0 atom stereocenters. The Morgan fingerprint density at radius 1 is 1.24 bits per heavy atom. The van der Waals surface area contributed by atoms with Gasteiger partial charge in [0.1, 0.15) is 5.54 Å². The number of aliphatic hydroxyl groups excluding tert-OH is 1. The molecule has 1 saturated heterocycles. The summed E-state index contributed by atoms with van der Waals surface area (Å²) in [6.45, 7) is 4.30. The van der Waals surface area contributed by atoms with Gasteiger partial charge in [-0.1, -0.05) is 0 Å². The van der Waals surface area contributed by atoms with E-state index in [0.717, 1.165) is 11.1 Å². The smallest absolute Gasteiger partial charge is 0.227 e. The van der Waals surface area contributed by atoms with Crippen LogP contribution in [-0.2, 0) is 22.1 Å². The molecule has 174 valence electrons. The van der Waals surface area contributed by atoms with Crippen molar-refractivity contribution >= 4 is 21.7 Å². The second kappa shape index (κ2) is 8.89. The maximum absolute atomic E-state index is 12.2. The van der Waals surface area contributed by atoms with Crippen LogP contribution in [0.3, 0.4) is 0 Å². The summed E-state index contributed by atoms with van der Waals surface area (Å²) < 4.78 is 29.0. The Kier molecular flexibility index (Phi) is 6.15. The van der Waals surface area contributed by atoms with Gasteiger partial charge in [-0.25, -0.2) is 18.4 Å². The zero-order valence-electron chi connectivity index (χ0n) is 18.4. The molecule has 1 aliphatic rings. The van der Waals surface area contributed by atoms with Gasteiger partial charge in [0.05, 0.1) is 55.2 Å². The first-order valence-corrected chi connectivity index (χ1v) is 12.1. The number of aromatic nitrogens is 6. The van der Waals surface area contributed by atoms with Crippen LogP contribution in [0.5, 0.6) is 0 Å². The molecule has 13 heteroatoms. The Morgan fingerprint density at radius 3 is 2.73 bits per heavy atom. The third-order valence-electron chi connectivity index (χ3n) is 5.64. The van der Waals surface area contributed by atoms with Crippen LogP contribution in [0.25, 0.3) is 11.3 Å². The monoisotopic (exact) mass is 471 g/mol. The van der Waals surface area contributed by atoms with Crippen LogP contribution in [0.15, 0.2) is 31.0 Å². The Hall–Kier alpha value is -3.34. The lowest BCUT2D eigenvalue weighted by Crippen LogP contribution is -2.64. The molecule has 0 spiro atoms. The number of hydrogen-bond acceptors (Lipinski definition) is 9. The lowest BCUT2D eigenvalue weighted by molar-refractivity contribution is 0.0719. The molecular formula is C20H25N9O3S. The summed E-state index contributed by atoms with van der Waals surface area (Å²) in [5.74, 6) is 0.400. The Morgan fingerprint density at radius 2 is 2.03 bits per heavy atom. The maximum Gasteiger partial charge on any atom is 0.227 e. The maximum atomic E-state index is 12.2. The Labute approximate surface area is 191 Å². The minimum atomic E-state index is -3.32. The number of aryl methyl sites for hydroxylation is 1. The SMILES string of the molecule is CCS(=O)(=O)N1CC(CC#N)(n2cc(-c3nc(Nc4cnn(CCO)c4)ncc3C)cn2)C1. The zero-order chi connectivity index (χ0) is 23.6. The van der Waals surface area contributed by atoms with E-state index in [9.17, 15) is 13.7 Å². The average molecular weight is 472 g/mol. The Bertz CT molecular complexity index is 1290. The van der Waals surface area contributed by atoms with Crippen LogP contribution < -0.4 is 5.32 Å². The van der Waals surface area contributed by atoms with Crippen LogP contribution in [0.4, 0.5) is 11.6 Å². The third kappa shape index (κ3) is 4.45. The second-order valence-corrected chi connectivity index (χ2v) is 10.2. The fraction of sp³-hybridized carbons (Fsp3) is 0.450. The summed E-state index contributed by atoms with van der Waals surface area (Å²) in [7, 11) is -3.32. The molecule has 4 rings (SSSR count). The van der Waals surface area contributed by atoms with Gasteiger partial charge in [0.25, 0.3) is 0 Å². The molecule has 12 nitrogen and oxygen atoms in total. The highest BCUT2D eigenvalue weighted by Gasteiger charge is 2.49. The largest absolute Gasteiger partial charge is 0.394 e.